The van der Waals surface area contributed by atoms with Crippen molar-refractivity contribution in [1.29, 1.82) is 0 Å². The number of rotatable bonds is 3. The van der Waals surface area contributed by atoms with Crippen LogP contribution in [0, 0.1) is 0 Å². The molecule has 2 N–H and O–H groups in total. The van der Waals surface area contributed by atoms with Gasteiger partial charge in [0.05, 0.1) is 12.0 Å². The van der Waals surface area contributed by atoms with Crippen LogP contribution in [0.15, 0.2) is 30.6 Å². The minimum Gasteiger partial charge on any atom is -0.366 e. The van der Waals surface area contributed by atoms with Crippen molar-refractivity contribution in [2.45, 2.75) is 32.2 Å². The Morgan fingerprint density at radius 3 is 2.89 bits per heavy atom. The molecule has 0 saturated carbocycles. The second-order valence-corrected chi connectivity index (χ2v) is 4.99. The number of amides is 1. The van der Waals surface area contributed by atoms with Gasteiger partial charge in [-0.25, -0.2) is 4.98 Å². The van der Waals surface area contributed by atoms with E-state index in [2.05, 4.69) is 9.55 Å². The number of nitrogens with zero attached hydrogens (tertiary/aromatic N) is 2. The third-order valence-electron chi connectivity index (χ3n) is 3.73. The summed E-state index contributed by atoms with van der Waals surface area (Å²) in [6.45, 7) is 0.668. The lowest BCUT2D eigenvalue weighted by molar-refractivity contribution is 0.0999. The van der Waals surface area contributed by atoms with E-state index in [0.29, 0.717) is 12.1 Å². The molecule has 1 aliphatic carbocycles. The second kappa shape index (κ2) is 4.88. The number of imidazole rings is 1. The molecule has 0 unspecified atom stereocenters. The van der Waals surface area contributed by atoms with Crippen molar-refractivity contribution in [1.82, 2.24) is 9.55 Å². The summed E-state index contributed by atoms with van der Waals surface area (Å²) >= 11 is 0. The van der Waals surface area contributed by atoms with Crippen molar-refractivity contribution in [3.63, 3.8) is 0 Å². The van der Waals surface area contributed by atoms with Crippen LogP contribution < -0.4 is 5.73 Å². The van der Waals surface area contributed by atoms with Crippen LogP contribution in [0.2, 0.25) is 0 Å². The number of aromatic nitrogens is 2. The molecule has 98 valence electrons. The number of carbonyl (C=O) groups is 1. The molecule has 1 aliphatic rings. The number of benzene rings is 1. The smallest absolute Gasteiger partial charge is 0.249 e. The van der Waals surface area contributed by atoms with E-state index in [4.69, 9.17) is 5.73 Å². The number of hydrogen-bond acceptors (Lipinski definition) is 2. The van der Waals surface area contributed by atoms with Gasteiger partial charge in [0.25, 0.3) is 0 Å². The highest BCUT2D eigenvalue weighted by atomic mass is 16.1. The minimum atomic E-state index is -0.371. The Morgan fingerprint density at radius 2 is 2.05 bits per heavy atom. The van der Waals surface area contributed by atoms with Gasteiger partial charge in [0, 0.05) is 17.8 Å². The summed E-state index contributed by atoms with van der Waals surface area (Å²) in [6.07, 6.45) is 6.47. The van der Waals surface area contributed by atoms with E-state index >= 15 is 0 Å². The van der Waals surface area contributed by atoms with Gasteiger partial charge in [-0.05, 0) is 37.3 Å². The third-order valence-corrected chi connectivity index (χ3v) is 3.73. The standard InChI is InChI=1S/C15H17N3O/c16-15(19)12-6-2-1-5-11(12)9-18-10-17-13-7-3-4-8-14(13)18/h1-2,5-6,10H,3-4,7-9H2,(H2,16,19). The van der Waals surface area contributed by atoms with Crippen LogP contribution in [-0.2, 0) is 19.4 Å². The summed E-state index contributed by atoms with van der Waals surface area (Å²) in [5.74, 6) is -0.371. The van der Waals surface area contributed by atoms with Crippen LogP contribution in [0.1, 0.15) is 40.2 Å². The van der Waals surface area contributed by atoms with Crippen LogP contribution in [0.5, 0.6) is 0 Å². The van der Waals surface area contributed by atoms with Crippen LogP contribution in [0.25, 0.3) is 0 Å². The van der Waals surface area contributed by atoms with E-state index in [1.165, 1.54) is 24.2 Å². The minimum absolute atomic E-state index is 0.371. The van der Waals surface area contributed by atoms with Gasteiger partial charge in [0.1, 0.15) is 0 Å². The summed E-state index contributed by atoms with van der Waals surface area (Å²) in [5.41, 5.74) is 9.50. The Balaban J connectivity index is 1.94. The Morgan fingerprint density at radius 1 is 1.26 bits per heavy atom. The average Bonchev–Trinajstić information content (AvgIpc) is 2.83. The van der Waals surface area contributed by atoms with Crippen LogP contribution in [0.4, 0.5) is 0 Å². The number of aryl methyl sites for hydroxylation is 1. The van der Waals surface area contributed by atoms with Gasteiger partial charge in [-0.2, -0.15) is 0 Å². The quantitative estimate of drug-likeness (QED) is 0.910. The van der Waals surface area contributed by atoms with Crippen molar-refractivity contribution in [3.8, 4) is 0 Å². The largest absolute Gasteiger partial charge is 0.366 e. The molecule has 1 amide bonds. The summed E-state index contributed by atoms with van der Waals surface area (Å²) in [6, 6.07) is 7.51. The molecule has 4 nitrogen and oxygen atoms in total. The highest BCUT2D eigenvalue weighted by molar-refractivity contribution is 5.94. The van der Waals surface area contributed by atoms with Crippen molar-refractivity contribution in [2.24, 2.45) is 5.73 Å². The topological polar surface area (TPSA) is 60.9 Å². The van der Waals surface area contributed by atoms with Crippen LogP contribution in [-0.4, -0.2) is 15.5 Å². The van der Waals surface area contributed by atoms with Gasteiger partial charge in [-0.15, -0.1) is 0 Å². The number of hydrogen-bond donors (Lipinski definition) is 1. The lowest BCUT2D eigenvalue weighted by atomic mass is 10.0. The molecule has 0 saturated heterocycles. The van der Waals surface area contributed by atoms with Crippen molar-refractivity contribution >= 4 is 5.91 Å². The first-order valence-corrected chi connectivity index (χ1v) is 6.66. The lowest BCUT2D eigenvalue weighted by Crippen LogP contribution is -2.16. The van der Waals surface area contributed by atoms with E-state index in [-0.39, 0.29) is 5.91 Å². The molecular weight excluding hydrogens is 238 g/mol. The summed E-state index contributed by atoms with van der Waals surface area (Å²) < 4.78 is 2.15. The molecule has 0 radical (unpaired) electrons. The predicted octanol–water partition coefficient (Wildman–Crippen LogP) is 1.91. The van der Waals surface area contributed by atoms with Crippen LogP contribution in [0.3, 0.4) is 0 Å². The molecule has 4 heteroatoms. The summed E-state index contributed by atoms with van der Waals surface area (Å²) in [5, 5.41) is 0. The fourth-order valence-electron chi connectivity index (χ4n) is 2.75. The SMILES string of the molecule is NC(=O)c1ccccc1Cn1cnc2c1CCCC2. The molecule has 1 aromatic heterocycles. The molecule has 1 heterocycles. The molecular formula is C15H17N3O. The number of nitrogens with two attached hydrogens (primary N) is 1. The zero-order chi connectivity index (χ0) is 13.2. The zero-order valence-corrected chi connectivity index (χ0v) is 10.8. The molecule has 0 atom stereocenters. The first kappa shape index (κ1) is 12.0. The maximum absolute atomic E-state index is 11.4. The first-order chi connectivity index (χ1) is 9.25. The molecule has 0 bridgehead atoms. The van der Waals surface area contributed by atoms with Gasteiger partial charge < -0.3 is 10.3 Å². The zero-order valence-electron chi connectivity index (χ0n) is 10.8. The number of carbonyl (C=O) groups excluding carboxylic acids is 1. The monoisotopic (exact) mass is 255 g/mol. The molecule has 1 aromatic carbocycles. The Hall–Kier alpha value is -2.10. The van der Waals surface area contributed by atoms with Gasteiger partial charge >= 0.3 is 0 Å². The maximum Gasteiger partial charge on any atom is 0.249 e. The fraction of sp³-hybridized carbons (Fsp3) is 0.333. The van der Waals surface area contributed by atoms with Gasteiger partial charge in [-0.3, -0.25) is 4.79 Å². The molecule has 19 heavy (non-hydrogen) atoms. The fourth-order valence-corrected chi connectivity index (χ4v) is 2.75. The summed E-state index contributed by atoms with van der Waals surface area (Å²) in [4.78, 5) is 15.9. The van der Waals surface area contributed by atoms with Gasteiger partial charge in [-0.1, -0.05) is 18.2 Å². The highest BCUT2D eigenvalue weighted by Crippen LogP contribution is 2.21. The van der Waals surface area contributed by atoms with E-state index in [9.17, 15) is 4.79 Å². The molecule has 3 rings (SSSR count). The van der Waals surface area contributed by atoms with E-state index in [1.54, 1.807) is 6.07 Å². The number of primary amides is 1. The highest BCUT2D eigenvalue weighted by Gasteiger charge is 2.16. The van der Waals surface area contributed by atoms with Crippen LogP contribution >= 0.6 is 0 Å². The maximum atomic E-state index is 11.4. The molecule has 2 aromatic rings. The van der Waals surface area contributed by atoms with Crippen molar-refractivity contribution in [2.75, 3.05) is 0 Å². The van der Waals surface area contributed by atoms with Gasteiger partial charge in [0.15, 0.2) is 0 Å². The Kier molecular flexibility index (Phi) is 3.07. The van der Waals surface area contributed by atoms with Crippen molar-refractivity contribution in [3.05, 3.63) is 53.1 Å². The molecule has 0 fully saturated rings. The molecule has 0 aliphatic heterocycles. The normalized spacial score (nSPS) is 14.1. The molecule has 0 spiro atoms. The number of fused-ring (bicyclic) bond motifs is 1. The van der Waals surface area contributed by atoms with E-state index in [1.807, 2.05) is 24.5 Å². The van der Waals surface area contributed by atoms with E-state index < -0.39 is 0 Å². The van der Waals surface area contributed by atoms with Crippen molar-refractivity contribution < 1.29 is 4.79 Å². The second-order valence-electron chi connectivity index (χ2n) is 4.99. The Bertz CT molecular complexity index is 616. The first-order valence-electron chi connectivity index (χ1n) is 6.66. The third kappa shape index (κ3) is 2.26. The van der Waals surface area contributed by atoms with Gasteiger partial charge in [0.2, 0.25) is 5.91 Å². The lowest BCUT2D eigenvalue weighted by Gasteiger charge is -2.15. The van der Waals surface area contributed by atoms with E-state index in [0.717, 1.165) is 18.4 Å². The predicted molar refractivity (Wildman–Crippen MR) is 72.9 cm³/mol. The summed E-state index contributed by atoms with van der Waals surface area (Å²) in [7, 11) is 0. The average molecular weight is 255 g/mol. The Labute approximate surface area is 112 Å².